The van der Waals surface area contributed by atoms with Gasteiger partial charge < -0.3 is 10.1 Å². The molecule has 0 spiro atoms. The number of aromatic nitrogens is 3. The van der Waals surface area contributed by atoms with Gasteiger partial charge in [-0.1, -0.05) is 19.9 Å². The van der Waals surface area contributed by atoms with E-state index in [0.717, 1.165) is 11.1 Å². The quantitative estimate of drug-likeness (QED) is 0.381. The van der Waals surface area contributed by atoms with E-state index in [4.69, 9.17) is 4.74 Å². The Kier molecular flexibility index (Phi) is 7.33. The molecular formula is C25H31N5O4S2. The Labute approximate surface area is 215 Å². The van der Waals surface area contributed by atoms with Gasteiger partial charge in [0.15, 0.2) is 5.13 Å². The van der Waals surface area contributed by atoms with Crippen molar-refractivity contribution in [3.05, 3.63) is 47.2 Å². The Morgan fingerprint density at radius 3 is 2.64 bits per heavy atom. The first-order valence-corrected chi connectivity index (χ1v) is 14.3. The molecule has 36 heavy (non-hydrogen) atoms. The molecule has 1 aliphatic carbocycles. The monoisotopic (exact) mass is 529 g/mol. The molecule has 0 saturated heterocycles. The molecule has 0 aliphatic heterocycles. The molecule has 1 aromatic carbocycles. The average Bonchev–Trinajstić information content (AvgIpc) is 3.60. The fourth-order valence-electron chi connectivity index (χ4n) is 3.60. The summed E-state index contributed by atoms with van der Waals surface area (Å²) in [7, 11) is -3.41. The van der Waals surface area contributed by atoms with Gasteiger partial charge in [-0.05, 0) is 57.2 Å². The van der Waals surface area contributed by atoms with Gasteiger partial charge in [-0.15, -0.1) is 11.3 Å². The van der Waals surface area contributed by atoms with E-state index in [9.17, 15) is 13.2 Å². The number of carbonyl (C=O) groups excluding carboxylic acids is 1. The number of ether oxygens (including phenoxy) is 1. The van der Waals surface area contributed by atoms with Gasteiger partial charge in [0.1, 0.15) is 0 Å². The van der Waals surface area contributed by atoms with E-state index in [1.807, 2.05) is 25.1 Å². The van der Waals surface area contributed by atoms with Crippen LogP contribution in [-0.2, 0) is 20.2 Å². The number of sulfonamides is 1. The van der Waals surface area contributed by atoms with Gasteiger partial charge in [0, 0.05) is 16.6 Å². The summed E-state index contributed by atoms with van der Waals surface area (Å²) in [6.45, 7) is 10.1. The van der Waals surface area contributed by atoms with Crippen molar-refractivity contribution in [2.75, 3.05) is 16.6 Å². The van der Waals surface area contributed by atoms with E-state index in [1.54, 1.807) is 31.6 Å². The highest BCUT2D eigenvalue weighted by molar-refractivity contribution is 7.93. The summed E-state index contributed by atoms with van der Waals surface area (Å²) < 4.78 is 32.5. The van der Waals surface area contributed by atoms with Crippen LogP contribution < -0.4 is 14.8 Å². The van der Waals surface area contributed by atoms with Crippen molar-refractivity contribution in [3.63, 3.8) is 0 Å². The number of carbonyl (C=O) groups is 1. The second-order valence-corrected chi connectivity index (χ2v) is 12.4. The molecule has 11 heteroatoms. The lowest BCUT2D eigenvalue weighted by atomic mass is 9.88. The molecule has 0 bridgehead atoms. The van der Waals surface area contributed by atoms with Gasteiger partial charge in [0.2, 0.25) is 21.8 Å². The number of amides is 1. The standard InChI is InChI=1S/C25H31N5O4S2/c1-6-34-22-13-26-12-20(27-22)16-7-10-19(18(11-16)15(2)3)28-23(31)25(4,5)21-14-35-24(29-21)30-36(32,33)17-8-9-17/h7,10-15,17H,6,8-9H2,1-5H3,(H,28,31)(H,29,30). The SMILES string of the molecule is CCOc1cncc(-c2ccc(NC(=O)C(C)(C)c3csc(NS(=O)(=O)C4CC4)n3)c(C(C)C)c2)n1. The highest BCUT2D eigenvalue weighted by atomic mass is 32.2. The molecule has 2 aromatic heterocycles. The van der Waals surface area contributed by atoms with Crippen LogP contribution in [0, 0.1) is 0 Å². The third-order valence-electron chi connectivity index (χ3n) is 6.03. The van der Waals surface area contributed by atoms with E-state index in [0.29, 0.717) is 42.4 Å². The number of nitrogens with zero attached hydrogens (tertiary/aromatic N) is 3. The van der Waals surface area contributed by atoms with Crippen LogP contribution >= 0.6 is 11.3 Å². The summed E-state index contributed by atoms with van der Waals surface area (Å²) in [4.78, 5) is 26.5. The van der Waals surface area contributed by atoms with Gasteiger partial charge in [0.25, 0.3) is 0 Å². The van der Waals surface area contributed by atoms with Crippen molar-refractivity contribution >= 4 is 38.1 Å². The molecule has 2 heterocycles. The normalized spacial score (nSPS) is 14.1. The Hall–Kier alpha value is -3.05. The molecule has 0 atom stereocenters. The smallest absolute Gasteiger partial charge is 0.237 e. The first kappa shape index (κ1) is 26.0. The van der Waals surface area contributed by atoms with Gasteiger partial charge >= 0.3 is 0 Å². The van der Waals surface area contributed by atoms with Crippen LogP contribution in [0.15, 0.2) is 36.0 Å². The first-order chi connectivity index (χ1) is 17.0. The maximum atomic E-state index is 13.4. The molecule has 3 aromatic rings. The van der Waals surface area contributed by atoms with Crippen molar-refractivity contribution in [2.45, 2.75) is 64.0 Å². The number of rotatable bonds is 10. The second-order valence-electron chi connectivity index (χ2n) is 9.60. The summed E-state index contributed by atoms with van der Waals surface area (Å²) in [6.07, 6.45) is 4.60. The topological polar surface area (TPSA) is 123 Å². The summed E-state index contributed by atoms with van der Waals surface area (Å²) in [6, 6.07) is 5.76. The third-order valence-corrected chi connectivity index (χ3v) is 8.74. The molecule has 1 amide bonds. The number of hydrogen-bond donors (Lipinski definition) is 2. The van der Waals surface area contributed by atoms with E-state index in [-0.39, 0.29) is 22.2 Å². The maximum Gasteiger partial charge on any atom is 0.237 e. The number of thiazole rings is 1. The van der Waals surface area contributed by atoms with Crippen LogP contribution in [0.3, 0.4) is 0 Å². The van der Waals surface area contributed by atoms with Gasteiger partial charge in [-0.2, -0.15) is 0 Å². The number of benzene rings is 1. The van der Waals surface area contributed by atoms with E-state index in [1.165, 1.54) is 11.3 Å². The lowest BCUT2D eigenvalue weighted by molar-refractivity contribution is -0.120. The molecule has 0 unspecified atom stereocenters. The minimum atomic E-state index is -3.41. The molecule has 0 radical (unpaired) electrons. The second kappa shape index (κ2) is 10.1. The first-order valence-electron chi connectivity index (χ1n) is 11.9. The Bertz CT molecular complexity index is 1360. The predicted molar refractivity (Wildman–Crippen MR) is 142 cm³/mol. The lowest BCUT2D eigenvalue weighted by Crippen LogP contribution is -2.35. The number of nitrogens with one attached hydrogen (secondary N) is 2. The number of hydrogen-bond acceptors (Lipinski definition) is 8. The third kappa shape index (κ3) is 5.67. The lowest BCUT2D eigenvalue weighted by Gasteiger charge is -2.23. The predicted octanol–water partition coefficient (Wildman–Crippen LogP) is 4.94. The zero-order valence-electron chi connectivity index (χ0n) is 21.0. The Balaban J connectivity index is 1.54. The van der Waals surface area contributed by atoms with Crippen LogP contribution in [0.25, 0.3) is 11.3 Å². The highest BCUT2D eigenvalue weighted by Gasteiger charge is 2.37. The van der Waals surface area contributed by atoms with Gasteiger partial charge in [0.05, 0.1) is 41.1 Å². The van der Waals surface area contributed by atoms with E-state index >= 15 is 0 Å². The summed E-state index contributed by atoms with van der Waals surface area (Å²) in [5.74, 6) is 0.355. The maximum absolute atomic E-state index is 13.4. The summed E-state index contributed by atoms with van der Waals surface area (Å²) >= 11 is 1.18. The minimum Gasteiger partial charge on any atom is -0.477 e. The van der Waals surface area contributed by atoms with Crippen molar-refractivity contribution in [1.29, 1.82) is 0 Å². The van der Waals surface area contributed by atoms with E-state index in [2.05, 4.69) is 38.8 Å². The van der Waals surface area contributed by atoms with Crippen LogP contribution in [0.5, 0.6) is 5.88 Å². The van der Waals surface area contributed by atoms with Crippen LogP contribution in [-0.4, -0.2) is 41.1 Å². The molecule has 1 fully saturated rings. The van der Waals surface area contributed by atoms with Crippen molar-refractivity contribution in [3.8, 4) is 17.1 Å². The molecular weight excluding hydrogens is 498 g/mol. The molecule has 192 valence electrons. The zero-order valence-corrected chi connectivity index (χ0v) is 22.7. The largest absolute Gasteiger partial charge is 0.477 e. The Morgan fingerprint density at radius 2 is 1.97 bits per heavy atom. The van der Waals surface area contributed by atoms with Gasteiger partial charge in [-0.25, -0.2) is 18.4 Å². The fraction of sp³-hybridized carbons (Fsp3) is 0.440. The molecule has 4 rings (SSSR count). The minimum absolute atomic E-state index is 0.133. The molecule has 9 nitrogen and oxygen atoms in total. The average molecular weight is 530 g/mol. The highest BCUT2D eigenvalue weighted by Crippen LogP contribution is 2.34. The van der Waals surface area contributed by atoms with Crippen LogP contribution in [0.2, 0.25) is 0 Å². The van der Waals surface area contributed by atoms with Crippen LogP contribution in [0.1, 0.15) is 64.6 Å². The van der Waals surface area contributed by atoms with Crippen molar-refractivity contribution in [2.24, 2.45) is 0 Å². The summed E-state index contributed by atoms with van der Waals surface area (Å²) in [5, 5.41) is 4.71. The van der Waals surface area contributed by atoms with Crippen molar-refractivity contribution in [1.82, 2.24) is 15.0 Å². The van der Waals surface area contributed by atoms with Crippen molar-refractivity contribution < 1.29 is 17.9 Å². The van der Waals surface area contributed by atoms with Gasteiger partial charge in [-0.3, -0.25) is 14.5 Å². The van der Waals surface area contributed by atoms with E-state index < -0.39 is 15.4 Å². The summed E-state index contributed by atoms with van der Waals surface area (Å²) in [5.41, 5.74) is 2.73. The molecule has 1 aliphatic rings. The Morgan fingerprint density at radius 1 is 1.22 bits per heavy atom. The number of anilines is 2. The van der Waals surface area contributed by atoms with Crippen LogP contribution in [0.4, 0.5) is 10.8 Å². The molecule has 1 saturated carbocycles. The molecule has 2 N–H and O–H groups in total. The fourth-order valence-corrected chi connectivity index (χ4v) is 6.08. The zero-order chi connectivity index (χ0) is 26.1.